The van der Waals surface area contributed by atoms with Gasteiger partial charge in [-0.25, -0.2) is 0 Å². The Kier molecular flexibility index (Phi) is 2.90. The normalized spacial score (nSPS) is 29.2. The molecule has 0 aromatic heterocycles. The number of carbonyl (C=O) groups excluding carboxylic acids is 2. The Morgan fingerprint density at radius 1 is 1.17 bits per heavy atom. The van der Waals surface area contributed by atoms with Crippen LogP contribution in [0.15, 0.2) is 24.3 Å². The molecular weight excluding hydrogens is 226 g/mol. The zero-order chi connectivity index (χ0) is 12.5. The van der Waals surface area contributed by atoms with Gasteiger partial charge in [0, 0.05) is 17.2 Å². The molecule has 1 aromatic carbocycles. The van der Waals surface area contributed by atoms with Crippen molar-refractivity contribution < 1.29 is 9.59 Å². The summed E-state index contributed by atoms with van der Waals surface area (Å²) in [7, 11) is 0. The van der Waals surface area contributed by atoms with E-state index in [1.54, 1.807) is 24.3 Å². The number of benzene rings is 1. The molecule has 3 rings (SSSR count). The van der Waals surface area contributed by atoms with E-state index in [-0.39, 0.29) is 11.8 Å². The SMILES string of the molecule is O=Cc1ccc(NC(=O)C2CC3CCC2C3)cc1. The molecule has 94 valence electrons. The third-order valence-electron chi connectivity index (χ3n) is 4.39. The fraction of sp³-hybridized carbons (Fsp3) is 0.467. The second-order valence-electron chi connectivity index (χ2n) is 5.51. The Labute approximate surface area is 107 Å². The molecule has 0 saturated heterocycles. The molecule has 2 bridgehead atoms. The van der Waals surface area contributed by atoms with Crippen molar-refractivity contribution in [2.24, 2.45) is 17.8 Å². The van der Waals surface area contributed by atoms with E-state index in [0.717, 1.165) is 24.3 Å². The molecule has 2 aliphatic carbocycles. The zero-order valence-corrected chi connectivity index (χ0v) is 10.3. The summed E-state index contributed by atoms with van der Waals surface area (Å²) in [6.07, 6.45) is 5.63. The first-order valence-corrected chi connectivity index (χ1v) is 6.62. The zero-order valence-electron chi connectivity index (χ0n) is 10.3. The van der Waals surface area contributed by atoms with Crippen molar-refractivity contribution in [3.63, 3.8) is 0 Å². The molecule has 0 spiro atoms. The molecule has 0 radical (unpaired) electrons. The standard InChI is InChI=1S/C15H17NO2/c17-9-10-2-5-13(6-3-10)16-15(18)14-8-11-1-4-12(14)7-11/h2-3,5-6,9,11-12,14H,1,4,7-8H2,(H,16,18). The summed E-state index contributed by atoms with van der Waals surface area (Å²) in [5.74, 6) is 1.74. The number of aldehydes is 1. The van der Waals surface area contributed by atoms with Crippen molar-refractivity contribution in [2.45, 2.75) is 25.7 Å². The summed E-state index contributed by atoms with van der Waals surface area (Å²) in [5, 5.41) is 2.97. The summed E-state index contributed by atoms with van der Waals surface area (Å²) >= 11 is 0. The average molecular weight is 243 g/mol. The maximum atomic E-state index is 12.2. The number of nitrogens with one attached hydrogen (secondary N) is 1. The second-order valence-corrected chi connectivity index (χ2v) is 5.51. The average Bonchev–Trinajstić information content (AvgIpc) is 3.02. The predicted molar refractivity (Wildman–Crippen MR) is 69.4 cm³/mol. The van der Waals surface area contributed by atoms with Crippen LogP contribution in [0.1, 0.15) is 36.0 Å². The van der Waals surface area contributed by atoms with Gasteiger partial charge in [0.25, 0.3) is 0 Å². The Morgan fingerprint density at radius 2 is 1.94 bits per heavy atom. The highest BCUT2D eigenvalue weighted by molar-refractivity contribution is 5.93. The van der Waals surface area contributed by atoms with E-state index in [1.165, 1.54) is 19.3 Å². The molecule has 0 aliphatic heterocycles. The van der Waals surface area contributed by atoms with Crippen LogP contribution in [-0.2, 0) is 4.79 Å². The number of amides is 1. The lowest BCUT2D eigenvalue weighted by Crippen LogP contribution is -2.27. The lowest BCUT2D eigenvalue weighted by molar-refractivity contribution is -0.121. The van der Waals surface area contributed by atoms with Crippen molar-refractivity contribution >= 4 is 17.9 Å². The van der Waals surface area contributed by atoms with Crippen LogP contribution in [0.2, 0.25) is 0 Å². The van der Waals surface area contributed by atoms with Crippen LogP contribution in [0, 0.1) is 17.8 Å². The van der Waals surface area contributed by atoms with Crippen molar-refractivity contribution in [1.82, 2.24) is 0 Å². The molecule has 2 saturated carbocycles. The van der Waals surface area contributed by atoms with Crippen LogP contribution in [0.25, 0.3) is 0 Å². The molecule has 1 amide bonds. The largest absolute Gasteiger partial charge is 0.326 e. The topological polar surface area (TPSA) is 46.2 Å². The number of fused-ring (bicyclic) bond motifs is 2. The number of hydrogen-bond donors (Lipinski definition) is 1. The van der Waals surface area contributed by atoms with Gasteiger partial charge < -0.3 is 5.32 Å². The van der Waals surface area contributed by atoms with Gasteiger partial charge in [-0.15, -0.1) is 0 Å². The van der Waals surface area contributed by atoms with E-state index in [0.29, 0.717) is 11.5 Å². The monoisotopic (exact) mass is 243 g/mol. The number of carbonyl (C=O) groups is 2. The fourth-order valence-electron chi connectivity index (χ4n) is 3.45. The number of anilines is 1. The summed E-state index contributed by atoms with van der Waals surface area (Å²) in [6.45, 7) is 0. The lowest BCUT2D eigenvalue weighted by atomic mass is 9.88. The molecule has 1 N–H and O–H groups in total. The van der Waals surface area contributed by atoms with Gasteiger partial charge in [-0.1, -0.05) is 6.42 Å². The third kappa shape index (κ3) is 2.05. The minimum absolute atomic E-state index is 0.154. The van der Waals surface area contributed by atoms with E-state index >= 15 is 0 Å². The number of hydrogen-bond acceptors (Lipinski definition) is 2. The van der Waals surface area contributed by atoms with Gasteiger partial charge in [0.1, 0.15) is 6.29 Å². The van der Waals surface area contributed by atoms with Crippen LogP contribution < -0.4 is 5.32 Å². The van der Waals surface area contributed by atoms with Crippen molar-refractivity contribution in [2.75, 3.05) is 5.32 Å². The van der Waals surface area contributed by atoms with E-state index in [9.17, 15) is 9.59 Å². The molecule has 3 heteroatoms. The van der Waals surface area contributed by atoms with Gasteiger partial charge in [0.2, 0.25) is 5.91 Å². The summed E-state index contributed by atoms with van der Waals surface area (Å²) in [4.78, 5) is 22.7. The van der Waals surface area contributed by atoms with E-state index < -0.39 is 0 Å². The van der Waals surface area contributed by atoms with Gasteiger partial charge in [0.05, 0.1) is 0 Å². The number of rotatable bonds is 3. The van der Waals surface area contributed by atoms with Crippen LogP contribution in [0.5, 0.6) is 0 Å². The van der Waals surface area contributed by atoms with Crippen molar-refractivity contribution in [1.29, 1.82) is 0 Å². The third-order valence-corrected chi connectivity index (χ3v) is 4.39. The highest BCUT2D eigenvalue weighted by Crippen LogP contribution is 2.48. The van der Waals surface area contributed by atoms with Gasteiger partial charge in [-0.3, -0.25) is 9.59 Å². The molecule has 1 aromatic rings. The fourth-order valence-corrected chi connectivity index (χ4v) is 3.45. The van der Waals surface area contributed by atoms with Gasteiger partial charge in [0.15, 0.2) is 0 Å². The smallest absolute Gasteiger partial charge is 0.227 e. The first-order chi connectivity index (χ1) is 8.76. The highest BCUT2D eigenvalue weighted by Gasteiger charge is 2.42. The second kappa shape index (κ2) is 4.56. The summed E-state index contributed by atoms with van der Waals surface area (Å²) in [6, 6.07) is 7.02. The maximum Gasteiger partial charge on any atom is 0.227 e. The molecule has 3 atom stereocenters. The Balaban J connectivity index is 1.65. The van der Waals surface area contributed by atoms with Crippen molar-refractivity contribution in [3.8, 4) is 0 Å². The van der Waals surface area contributed by atoms with Gasteiger partial charge >= 0.3 is 0 Å². The van der Waals surface area contributed by atoms with Crippen LogP contribution in [-0.4, -0.2) is 12.2 Å². The van der Waals surface area contributed by atoms with Crippen molar-refractivity contribution in [3.05, 3.63) is 29.8 Å². The lowest BCUT2D eigenvalue weighted by Gasteiger charge is -2.20. The molecule has 18 heavy (non-hydrogen) atoms. The van der Waals surface area contributed by atoms with E-state index in [1.807, 2.05) is 0 Å². The van der Waals surface area contributed by atoms with E-state index in [4.69, 9.17) is 0 Å². The molecule has 3 unspecified atom stereocenters. The summed E-state index contributed by atoms with van der Waals surface area (Å²) < 4.78 is 0. The molecule has 0 heterocycles. The maximum absolute atomic E-state index is 12.2. The molecule has 3 nitrogen and oxygen atoms in total. The minimum atomic E-state index is 0.154. The Hall–Kier alpha value is -1.64. The minimum Gasteiger partial charge on any atom is -0.326 e. The highest BCUT2D eigenvalue weighted by atomic mass is 16.2. The van der Waals surface area contributed by atoms with E-state index in [2.05, 4.69) is 5.32 Å². The quantitative estimate of drug-likeness (QED) is 0.830. The first-order valence-electron chi connectivity index (χ1n) is 6.62. The van der Waals surface area contributed by atoms with Crippen LogP contribution in [0.4, 0.5) is 5.69 Å². The van der Waals surface area contributed by atoms with Gasteiger partial charge in [-0.05, 0) is 55.4 Å². The predicted octanol–water partition coefficient (Wildman–Crippen LogP) is 2.87. The van der Waals surface area contributed by atoms with Crippen LogP contribution >= 0.6 is 0 Å². The van der Waals surface area contributed by atoms with Gasteiger partial charge in [-0.2, -0.15) is 0 Å². The Bertz CT molecular complexity index is 466. The summed E-state index contributed by atoms with van der Waals surface area (Å²) in [5.41, 5.74) is 1.42. The van der Waals surface area contributed by atoms with Crippen LogP contribution in [0.3, 0.4) is 0 Å². The molecule has 2 aliphatic rings. The Morgan fingerprint density at radius 3 is 2.50 bits per heavy atom. The molecular formula is C15H17NO2. The molecule has 2 fully saturated rings. The first kappa shape index (κ1) is 11.5.